The van der Waals surface area contributed by atoms with Crippen LogP contribution in [0.4, 0.5) is 0 Å². The van der Waals surface area contributed by atoms with Crippen molar-refractivity contribution in [2.45, 2.75) is 57.5 Å². The summed E-state index contributed by atoms with van der Waals surface area (Å²) in [6.45, 7) is 5.28. The van der Waals surface area contributed by atoms with Crippen LogP contribution in [0.5, 0.6) is 0 Å². The minimum atomic E-state index is 0.774. The second kappa shape index (κ2) is 6.68. The number of aryl methyl sites for hydroxylation is 2. The number of hydrogen-bond donors (Lipinski definition) is 0. The molecule has 0 spiro atoms. The lowest BCUT2D eigenvalue weighted by Crippen LogP contribution is -2.42. The molecule has 3 heteroatoms. The molecular weight excluding hydrogens is 248 g/mol. The monoisotopic (exact) mass is 274 g/mol. The average Bonchev–Trinajstić information content (AvgIpc) is 2.95. The number of ether oxygens (including phenoxy) is 1. The highest BCUT2D eigenvalue weighted by molar-refractivity contribution is 5.15. The third-order valence-electron chi connectivity index (χ3n) is 4.81. The summed E-state index contributed by atoms with van der Waals surface area (Å²) in [5.41, 5.74) is 2.58. The fourth-order valence-electron chi connectivity index (χ4n) is 3.76. The van der Waals surface area contributed by atoms with Crippen molar-refractivity contribution >= 4 is 0 Å². The summed E-state index contributed by atoms with van der Waals surface area (Å²) in [5, 5.41) is 0. The van der Waals surface area contributed by atoms with Gasteiger partial charge in [-0.05, 0) is 69.7 Å². The molecular formula is C17H26N2O. The van der Waals surface area contributed by atoms with E-state index in [1.54, 1.807) is 0 Å². The third kappa shape index (κ3) is 3.39. The van der Waals surface area contributed by atoms with Crippen LogP contribution in [0.1, 0.15) is 43.4 Å². The van der Waals surface area contributed by atoms with Crippen molar-refractivity contribution in [2.24, 2.45) is 0 Å². The zero-order valence-corrected chi connectivity index (χ0v) is 12.6. The normalized spacial score (nSPS) is 25.1. The summed E-state index contributed by atoms with van der Waals surface area (Å²) in [6.07, 6.45) is 9.62. The molecule has 0 aliphatic carbocycles. The molecule has 3 rings (SSSR count). The van der Waals surface area contributed by atoms with Crippen molar-refractivity contribution in [1.82, 2.24) is 9.88 Å². The van der Waals surface area contributed by atoms with Gasteiger partial charge in [0.05, 0.1) is 0 Å². The summed E-state index contributed by atoms with van der Waals surface area (Å²) in [5.74, 6) is 0. The zero-order chi connectivity index (χ0) is 13.8. The van der Waals surface area contributed by atoms with Crippen molar-refractivity contribution < 1.29 is 4.74 Å². The van der Waals surface area contributed by atoms with Gasteiger partial charge in [-0.3, -0.25) is 9.88 Å². The van der Waals surface area contributed by atoms with E-state index in [2.05, 4.69) is 28.9 Å². The molecule has 1 aromatic rings. The molecule has 1 atom stereocenters. The lowest BCUT2D eigenvalue weighted by molar-refractivity contribution is 0.0282. The second-order valence-corrected chi connectivity index (χ2v) is 6.22. The van der Waals surface area contributed by atoms with Crippen molar-refractivity contribution in [1.29, 1.82) is 0 Å². The number of hydrogen-bond acceptors (Lipinski definition) is 3. The Morgan fingerprint density at radius 3 is 2.95 bits per heavy atom. The van der Waals surface area contributed by atoms with Crippen LogP contribution >= 0.6 is 0 Å². The van der Waals surface area contributed by atoms with Crippen LogP contribution in [-0.2, 0) is 11.2 Å². The van der Waals surface area contributed by atoms with E-state index in [9.17, 15) is 0 Å². The lowest BCUT2D eigenvalue weighted by Gasteiger charge is -2.35. The van der Waals surface area contributed by atoms with Gasteiger partial charge in [-0.1, -0.05) is 0 Å². The van der Waals surface area contributed by atoms with E-state index in [4.69, 9.17) is 4.74 Å². The van der Waals surface area contributed by atoms with Gasteiger partial charge in [0.15, 0.2) is 0 Å². The van der Waals surface area contributed by atoms with E-state index in [-0.39, 0.29) is 0 Å². The standard InChI is InChI=1S/C17H26N2O/c1-14-13-15(6-9-18-14)4-5-16-3-2-10-19(16)17-7-11-20-12-8-17/h6,9,13,16-17H,2-5,7-8,10-12H2,1H3. The molecule has 0 bridgehead atoms. The topological polar surface area (TPSA) is 25.4 Å². The number of likely N-dealkylation sites (tertiary alicyclic amines) is 1. The maximum Gasteiger partial charge on any atom is 0.0480 e. The van der Waals surface area contributed by atoms with Gasteiger partial charge < -0.3 is 4.74 Å². The predicted octanol–water partition coefficient (Wildman–Crippen LogP) is 2.97. The van der Waals surface area contributed by atoms with E-state index >= 15 is 0 Å². The average molecular weight is 274 g/mol. The first-order chi connectivity index (χ1) is 9.83. The second-order valence-electron chi connectivity index (χ2n) is 6.22. The summed E-state index contributed by atoms with van der Waals surface area (Å²) in [4.78, 5) is 7.06. The molecule has 20 heavy (non-hydrogen) atoms. The number of aromatic nitrogens is 1. The van der Waals surface area contributed by atoms with E-state index < -0.39 is 0 Å². The molecule has 2 aliphatic heterocycles. The predicted molar refractivity (Wildman–Crippen MR) is 80.9 cm³/mol. The van der Waals surface area contributed by atoms with Gasteiger partial charge in [-0.2, -0.15) is 0 Å². The fraction of sp³-hybridized carbons (Fsp3) is 0.706. The Bertz CT molecular complexity index is 429. The Hall–Kier alpha value is -0.930. The molecule has 2 saturated heterocycles. The van der Waals surface area contributed by atoms with Gasteiger partial charge in [0.25, 0.3) is 0 Å². The van der Waals surface area contributed by atoms with Crippen LogP contribution in [0, 0.1) is 6.92 Å². The summed E-state index contributed by atoms with van der Waals surface area (Å²) in [6, 6.07) is 5.95. The van der Waals surface area contributed by atoms with Crippen molar-refractivity contribution in [3.05, 3.63) is 29.6 Å². The highest BCUT2D eigenvalue weighted by Gasteiger charge is 2.31. The minimum absolute atomic E-state index is 0.774. The molecule has 0 amide bonds. The molecule has 2 aliphatic rings. The van der Waals surface area contributed by atoms with Gasteiger partial charge in [-0.15, -0.1) is 0 Å². The van der Waals surface area contributed by atoms with Crippen LogP contribution in [-0.4, -0.2) is 41.7 Å². The van der Waals surface area contributed by atoms with E-state index in [0.717, 1.165) is 31.0 Å². The van der Waals surface area contributed by atoms with E-state index in [1.807, 2.05) is 6.20 Å². The highest BCUT2D eigenvalue weighted by atomic mass is 16.5. The largest absolute Gasteiger partial charge is 0.381 e. The molecule has 3 nitrogen and oxygen atoms in total. The number of pyridine rings is 1. The van der Waals surface area contributed by atoms with E-state index in [0.29, 0.717) is 0 Å². The molecule has 1 unspecified atom stereocenters. The SMILES string of the molecule is Cc1cc(CCC2CCCN2C2CCOCC2)ccn1. The quantitative estimate of drug-likeness (QED) is 0.844. The molecule has 0 aromatic carbocycles. The number of nitrogens with zero attached hydrogens (tertiary/aromatic N) is 2. The Kier molecular flexibility index (Phi) is 4.69. The van der Waals surface area contributed by atoms with Crippen LogP contribution < -0.4 is 0 Å². The highest BCUT2D eigenvalue weighted by Crippen LogP contribution is 2.28. The first-order valence-electron chi connectivity index (χ1n) is 8.08. The smallest absolute Gasteiger partial charge is 0.0480 e. The van der Waals surface area contributed by atoms with Gasteiger partial charge in [0.1, 0.15) is 0 Å². The molecule has 110 valence electrons. The minimum Gasteiger partial charge on any atom is -0.381 e. The van der Waals surface area contributed by atoms with Crippen LogP contribution in [0.3, 0.4) is 0 Å². The summed E-state index contributed by atoms with van der Waals surface area (Å²) >= 11 is 0. The van der Waals surface area contributed by atoms with Crippen molar-refractivity contribution in [2.75, 3.05) is 19.8 Å². The summed E-state index contributed by atoms with van der Waals surface area (Å²) < 4.78 is 5.50. The first kappa shape index (κ1) is 14.0. The Balaban J connectivity index is 1.55. The van der Waals surface area contributed by atoms with Gasteiger partial charge in [0.2, 0.25) is 0 Å². The Morgan fingerprint density at radius 1 is 1.30 bits per heavy atom. The fourth-order valence-corrected chi connectivity index (χ4v) is 3.76. The van der Waals surface area contributed by atoms with Gasteiger partial charge >= 0.3 is 0 Å². The third-order valence-corrected chi connectivity index (χ3v) is 4.81. The zero-order valence-electron chi connectivity index (χ0n) is 12.6. The first-order valence-corrected chi connectivity index (χ1v) is 8.08. The van der Waals surface area contributed by atoms with Crippen molar-refractivity contribution in [3.8, 4) is 0 Å². The molecule has 3 heterocycles. The maximum atomic E-state index is 5.50. The lowest BCUT2D eigenvalue weighted by atomic mass is 10.0. The Morgan fingerprint density at radius 2 is 2.15 bits per heavy atom. The van der Waals surface area contributed by atoms with Crippen LogP contribution in [0.25, 0.3) is 0 Å². The number of rotatable bonds is 4. The molecule has 0 radical (unpaired) electrons. The van der Waals surface area contributed by atoms with Gasteiger partial charge in [-0.25, -0.2) is 0 Å². The van der Waals surface area contributed by atoms with Crippen LogP contribution in [0.2, 0.25) is 0 Å². The molecule has 0 N–H and O–H groups in total. The van der Waals surface area contributed by atoms with Crippen LogP contribution in [0.15, 0.2) is 18.3 Å². The van der Waals surface area contributed by atoms with E-state index in [1.165, 1.54) is 50.6 Å². The van der Waals surface area contributed by atoms with Gasteiger partial charge in [0, 0.05) is 37.2 Å². The maximum absolute atomic E-state index is 5.50. The van der Waals surface area contributed by atoms with Crippen molar-refractivity contribution in [3.63, 3.8) is 0 Å². The molecule has 0 saturated carbocycles. The molecule has 2 fully saturated rings. The summed E-state index contributed by atoms with van der Waals surface area (Å²) in [7, 11) is 0. The Labute approximate surface area is 122 Å². The molecule has 1 aromatic heterocycles.